The molecule has 10 heteroatoms. The number of amides is 2. The van der Waals surface area contributed by atoms with E-state index in [0.29, 0.717) is 23.6 Å². The fourth-order valence-electron chi connectivity index (χ4n) is 3.61. The first-order valence-corrected chi connectivity index (χ1v) is 10.9. The summed E-state index contributed by atoms with van der Waals surface area (Å²) in [6.45, 7) is 2.06. The van der Waals surface area contributed by atoms with Gasteiger partial charge in [0.1, 0.15) is 24.7 Å². The number of H-pyrrole nitrogens is 1. The van der Waals surface area contributed by atoms with E-state index in [9.17, 15) is 19.5 Å². The molecule has 10 nitrogen and oxygen atoms in total. The number of aliphatic hydroxyl groups excluding tert-OH is 1. The second-order valence-electron chi connectivity index (χ2n) is 8.04. The summed E-state index contributed by atoms with van der Waals surface area (Å²) < 4.78 is 12.7. The number of aryl methyl sites for hydroxylation is 1. The summed E-state index contributed by atoms with van der Waals surface area (Å²) in [6.07, 6.45) is -0.775. The van der Waals surface area contributed by atoms with Gasteiger partial charge in [-0.25, -0.2) is 9.59 Å². The zero-order valence-electron chi connectivity index (χ0n) is 18.6. The molecule has 0 aliphatic carbocycles. The minimum Gasteiger partial charge on any atom is -0.489 e. The Hall–Kier alpha value is -3.89. The van der Waals surface area contributed by atoms with Crippen LogP contribution in [-0.2, 0) is 11.3 Å². The van der Waals surface area contributed by atoms with E-state index in [1.807, 2.05) is 30.3 Å². The van der Waals surface area contributed by atoms with Gasteiger partial charge in [0.2, 0.25) is 0 Å². The molecule has 4 N–H and O–H groups in total. The quantitative estimate of drug-likeness (QED) is 0.420. The van der Waals surface area contributed by atoms with Gasteiger partial charge in [0, 0.05) is 30.4 Å². The number of anilines is 1. The first-order chi connectivity index (χ1) is 16.4. The zero-order valence-corrected chi connectivity index (χ0v) is 18.6. The third-order valence-corrected chi connectivity index (χ3v) is 5.48. The van der Waals surface area contributed by atoms with Crippen LogP contribution in [0, 0.1) is 6.92 Å². The van der Waals surface area contributed by atoms with Crippen LogP contribution in [0.2, 0.25) is 0 Å². The van der Waals surface area contributed by atoms with E-state index >= 15 is 0 Å². The number of benzene rings is 2. The van der Waals surface area contributed by atoms with Crippen LogP contribution < -0.4 is 26.6 Å². The molecule has 1 fully saturated rings. The van der Waals surface area contributed by atoms with Crippen LogP contribution in [0.5, 0.6) is 5.75 Å². The molecule has 178 valence electrons. The lowest BCUT2D eigenvalue weighted by molar-refractivity contribution is -0.0178. The normalized spacial score (nSPS) is 19.5. The van der Waals surface area contributed by atoms with Crippen molar-refractivity contribution in [3.8, 4) is 5.75 Å². The number of ether oxygens (including phenoxy) is 2. The first kappa shape index (κ1) is 23.3. The molecule has 1 aliphatic rings. The molecule has 0 saturated carbocycles. The molecule has 34 heavy (non-hydrogen) atoms. The number of aromatic nitrogens is 2. The first-order valence-electron chi connectivity index (χ1n) is 10.9. The fourth-order valence-corrected chi connectivity index (χ4v) is 3.61. The summed E-state index contributed by atoms with van der Waals surface area (Å²) in [5.74, 6) is 0.677. The van der Waals surface area contributed by atoms with Crippen molar-refractivity contribution in [3.05, 3.63) is 92.8 Å². The van der Waals surface area contributed by atoms with Gasteiger partial charge >= 0.3 is 11.7 Å². The highest BCUT2D eigenvalue weighted by molar-refractivity contribution is 5.89. The van der Waals surface area contributed by atoms with Gasteiger partial charge in [-0.15, -0.1) is 0 Å². The van der Waals surface area contributed by atoms with Gasteiger partial charge in [0.15, 0.2) is 0 Å². The highest BCUT2D eigenvalue weighted by Gasteiger charge is 2.35. The lowest BCUT2D eigenvalue weighted by Gasteiger charge is -2.17. The number of aliphatic hydroxyl groups is 1. The predicted octanol–water partition coefficient (Wildman–Crippen LogP) is 1.89. The maximum Gasteiger partial charge on any atom is 0.330 e. The van der Waals surface area contributed by atoms with Crippen LogP contribution in [0.4, 0.5) is 10.5 Å². The number of nitrogens with zero attached hydrogens (tertiary/aromatic N) is 1. The lowest BCUT2D eigenvalue weighted by Crippen LogP contribution is -2.39. The number of hydrogen-bond donors (Lipinski definition) is 4. The second-order valence-corrected chi connectivity index (χ2v) is 8.04. The molecule has 1 aromatic heterocycles. The summed E-state index contributed by atoms with van der Waals surface area (Å²) in [5, 5.41) is 15.7. The smallest absolute Gasteiger partial charge is 0.330 e. The number of urea groups is 1. The SMILES string of the molecule is Cc1cn([C@@H]2C[C@H](O)[C@@H](CNC(=O)Nc3ccc(OCc4ccccc4)cc3)O2)c(=O)[nH]c1=O. The molecule has 0 radical (unpaired) electrons. The highest BCUT2D eigenvalue weighted by atomic mass is 16.5. The molecule has 1 saturated heterocycles. The van der Waals surface area contributed by atoms with Crippen molar-refractivity contribution in [1.29, 1.82) is 0 Å². The Bertz CT molecular complexity index is 1240. The average molecular weight is 466 g/mol. The van der Waals surface area contributed by atoms with E-state index < -0.39 is 35.7 Å². The van der Waals surface area contributed by atoms with Gasteiger partial charge in [-0.05, 0) is 36.8 Å². The van der Waals surface area contributed by atoms with Crippen molar-refractivity contribution in [2.75, 3.05) is 11.9 Å². The minimum atomic E-state index is -0.884. The van der Waals surface area contributed by atoms with Crippen LogP contribution in [0.15, 0.2) is 70.4 Å². The van der Waals surface area contributed by atoms with E-state index in [-0.39, 0.29) is 13.0 Å². The number of rotatable bonds is 7. The Morgan fingerprint density at radius 1 is 1.18 bits per heavy atom. The van der Waals surface area contributed by atoms with Gasteiger partial charge in [0.25, 0.3) is 5.56 Å². The van der Waals surface area contributed by atoms with E-state index in [2.05, 4.69) is 15.6 Å². The Balaban J connectivity index is 1.25. The summed E-state index contributed by atoms with van der Waals surface area (Å²) >= 11 is 0. The third kappa shape index (κ3) is 5.72. The highest BCUT2D eigenvalue weighted by Crippen LogP contribution is 2.27. The number of carbonyl (C=O) groups is 1. The predicted molar refractivity (Wildman–Crippen MR) is 125 cm³/mol. The topological polar surface area (TPSA) is 135 Å². The molecular formula is C24H26N4O6. The maximum absolute atomic E-state index is 12.3. The van der Waals surface area contributed by atoms with Crippen molar-refractivity contribution < 1.29 is 19.4 Å². The van der Waals surface area contributed by atoms with Gasteiger partial charge in [-0.3, -0.25) is 14.3 Å². The van der Waals surface area contributed by atoms with Crippen LogP contribution >= 0.6 is 0 Å². The van der Waals surface area contributed by atoms with Crippen LogP contribution in [0.25, 0.3) is 0 Å². The van der Waals surface area contributed by atoms with Crippen LogP contribution in [0.1, 0.15) is 23.8 Å². The molecule has 0 bridgehead atoms. The summed E-state index contributed by atoms with van der Waals surface area (Å²) in [7, 11) is 0. The van der Waals surface area contributed by atoms with Crippen molar-refractivity contribution in [1.82, 2.24) is 14.9 Å². The van der Waals surface area contributed by atoms with Crippen molar-refractivity contribution >= 4 is 11.7 Å². The van der Waals surface area contributed by atoms with E-state index in [1.165, 1.54) is 10.8 Å². The molecule has 0 spiro atoms. The Morgan fingerprint density at radius 3 is 2.65 bits per heavy atom. The standard InChI is InChI=1S/C24H26N4O6/c1-15-13-28(24(32)27-22(15)30)21-11-19(29)20(34-21)12-25-23(31)26-17-7-9-18(10-8-17)33-14-16-5-3-2-4-6-16/h2-10,13,19-21,29H,11-12,14H2,1H3,(H2,25,26,31)(H,27,30,32)/t19-,20+,21-/m0/s1. The number of hydrogen-bond acceptors (Lipinski definition) is 6. The zero-order chi connectivity index (χ0) is 24.1. The molecule has 0 unspecified atom stereocenters. The van der Waals surface area contributed by atoms with Crippen LogP contribution in [0.3, 0.4) is 0 Å². The molecular weight excluding hydrogens is 440 g/mol. The number of nitrogens with one attached hydrogen (secondary N) is 3. The third-order valence-electron chi connectivity index (χ3n) is 5.48. The fraction of sp³-hybridized carbons (Fsp3) is 0.292. The number of carbonyl (C=O) groups excluding carboxylic acids is 1. The molecule has 2 amide bonds. The molecule has 1 aliphatic heterocycles. The minimum absolute atomic E-state index is 0.0405. The maximum atomic E-state index is 12.3. The second kappa shape index (κ2) is 10.4. The largest absolute Gasteiger partial charge is 0.489 e. The molecule has 2 aromatic carbocycles. The summed E-state index contributed by atoms with van der Waals surface area (Å²) in [6, 6.07) is 16.3. The van der Waals surface area contributed by atoms with Gasteiger partial charge in [-0.2, -0.15) is 0 Å². The average Bonchev–Trinajstić information content (AvgIpc) is 3.20. The van der Waals surface area contributed by atoms with Crippen molar-refractivity contribution in [2.45, 2.75) is 38.4 Å². The Kier molecular flexibility index (Phi) is 7.09. The molecule has 4 rings (SSSR count). The lowest BCUT2D eigenvalue weighted by atomic mass is 10.2. The van der Waals surface area contributed by atoms with E-state index in [4.69, 9.17) is 9.47 Å². The Morgan fingerprint density at radius 2 is 1.91 bits per heavy atom. The van der Waals surface area contributed by atoms with Crippen LogP contribution in [-0.4, -0.2) is 39.4 Å². The molecule has 3 aromatic rings. The molecule has 2 heterocycles. The summed E-state index contributed by atoms with van der Waals surface area (Å²) in [4.78, 5) is 38.1. The van der Waals surface area contributed by atoms with E-state index in [0.717, 1.165) is 5.56 Å². The van der Waals surface area contributed by atoms with Gasteiger partial charge in [0.05, 0.1) is 6.10 Å². The Labute approximate surface area is 195 Å². The molecule has 3 atom stereocenters. The van der Waals surface area contributed by atoms with E-state index in [1.54, 1.807) is 31.2 Å². The summed E-state index contributed by atoms with van der Waals surface area (Å²) in [5.41, 5.74) is 0.907. The number of aromatic amines is 1. The van der Waals surface area contributed by atoms with Crippen molar-refractivity contribution in [2.24, 2.45) is 0 Å². The van der Waals surface area contributed by atoms with Gasteiger partial charge in [-0.1, -0.05) is 30.3 Å². The van der Waals surface area contributed by atoms with Gasteiger partial charge < -0.3 is 25.2 Å². The van der Waals surface area contributed by atoms with Crippen molar-refractivity contribution in [3.63, 3.8) is 0 Å². The monoisotopic (exact) mass is 466 g/mol.